The zero-order valence-corrected chi connectivity index (χ0v) is 42.9. The molecule has 8 heterocycles. The fourth-order valence-corrected chi connectivity index (χ4v) is 5.05. The van der Waals surface area contributed by atoms with Gasteiger partial charge < -0.3 is 5.21 Å². The molecule has 8 rings (SSSR count). The van der Waals surface area contributed by atoms with Crippen molar-refractivity contribution in [3.05, 3.63) is 236 Å². The summed E-state index contributed by atoms with van der Waals surface area (Å²) in [6.45, 7) is 15.2. The van der Waals surface area contributed by atoms with Gasteiger partial charge in [-0.25, -0.2) is 15.0 Å². The average Bonchev–Trinajstić information content (AvgIpc) is 3.31. The molecule has 0 saturated carbocycles. The Morgan fingerprint density at radius 3 is 1.39 bits per heavy atom. The third-order valence-corrected chi connectivity index (χ3v) is 9.54. The molecule has 372 valence electrons. The first kappa shape index (κ1) is 61.8. The Labute approximate surface area is 425 Å². The molecular formula is C51H53Cl3F6N8OS. The molecular weight excluding hydrogens is 993 g/mol. The molecule has 0 bridgehead atoms. The van der Waals surface area contributed by atoms with Crippen LogP contribution in [-0.4, -0.2) is 41.1 Å². The second kappa shape index (κ2) is 33.4. The Balaban J connectivity index is 0.000000403. The van der Waals surface area contributed by atoms with E-state index in [1.165, 1.54) is 35.2 Å². The standard InChI is InChI=1S/C7H5ClF3N.C7H6F3N.C7H9NS.2C6H6ClN.C6H7NO.2C6H7N/c1-4-6(8)2-5(3-12-4)7(9,10)11;1-5-2-3-6(4-11-5)7(8,9)10;1-6-3-4-7(9-2)8-5-6;1-5-2-3-8-6(7)4-5;1-5-2-3-6(7)8-4-5;1-6-2-4-7(8)5-3-6;1-6-2-4-7-5-3-6;1-6-3-2-4-7-5-6/h2-3H,1H3;2-4H,1H3;3-5H,1-2H3;2*2-4H,1H3;2-5H,1H3;2*2-5H,1H3. The van der Waals surface area contributed by atoms with Crippen LogP contribution in [0.4, 0.5) is 26.3 Å². The van der Waals surface area contributed by atoms with Crippen LogP contribution in [0.25, 0.3) is 0 Å². The zero-order chi connectivity index (χ0) is 52.7. The largest absolute Gasteiger partial charge is 0.619 e. The quantitative estimate of drug-likeness (QED) is 0.0521. The van der Waals surface area contributed by atoms with E-state index in [0.717, 1.165) is 51.0 Å². The maximum absolute atomic E-state index is 12.0. The molecule has 8 aromatic heterocycles. The zero-order valence-electron chi connectivity index (χ0n) is 39.8. The monoisotopic (exact) mass is 1040 g/mol. The third-order valence-electron chi connectivity index (χ3n) is 8.07. The van der Waals surface area contributed by atoms with Crippen LogP contribution in [0, 0.1) is 60.6 Å². The van der Waals surface area contributed by atoms with Gasteiger partial charge in [0, 0.05) is 73.6 Å². The Bertz CT molecular complexity index is 2480. The summed E-state index contributed by atoms with van der Waals surface area (Å²) in [6, 6.07) is 26.2. The maximum atomic E-state index is 12.0. The molecule has 0 aromatic carbocycles. The van der Waals surface area contributed by atoms with Gasteiger partial charge in [0.25, 0.3) is 0 Å². The molecule has 9 nitrogen and oxygen atoms in total. The van der Waals surface area contributed by atoms with Crippen LogP contribution in [0.1, 0.15) is 55.9 Å². The van der Waals surface area contributed by atoms with Crippen LogP contribution in [0.5, 0.6) is 0 Å². The first-order chi connectivity index (χ1) is 32.9. The van der Waals surface area contributed by atoms with E-state index in [9.17, 15) is 31.5 Å². The molecule has 0 aliphatic rings. The number of rotatable bonds is 1. The second-order valence-corrected chi connectivity index (χ2v) is 16.5. The molecule has 0 spiro atoms. The highest BCUT2D eigenvalue weighted by Gasteiger charge is 2.31. The molecule has 0 fully saturated rings. The van der Waals surface area contributed by atoms with Crippen molar-refractivity contribution in [2.45, 2.75) is 72.8 Å². The number of aromatic nitrogens is 8. The van der Waals surface area contributed by atoms with Gasteiger partial charge in [0.05, 0.1) is 26.9 Å². The number of aryl methyl sites for hydroxylation is 8. The number of hydrogen-bond donors (Lipinski definition) is 0. The number of alkyl halides is 6. The molecule has 0 aliphatic heterocycles. The molecule has 0 saturated heterocycles. The number of halogens is 9. The first-order valence-corrected chi connectivity index (χ1v) is 23.0. The van der Waals surface area contributed by atoms with Crippen molar-refractivity contribution in [1.29, 1.82) is 0 Å². The van der Waals surface area contributed by atoms with E-state index in [-0.39, 0.29) is 5.02 Å². The SMILES string of the molecule is CSc1ccc(C)cn1.Cc1cc[n+]([O-])cc1.Cc1ccc(C(F)(F)F)cn1.Cc1ccc(Cl)nc1.Cc1cccnc1.Cc1ccnc(Cl)c1.Cc1ccncc1.Cc1ncc(C(F)(F)F)cc1Cl. The van der Waals surface area contributed by atoms with Crippen molar-refractivity contribution < 1.29 is 31.1 Å². The normalized spacial score (nSPS) is 9.97. The minimum absolute atomic E-state index is 0.0322. The van der Waals surface area contributed by atoms with Crippen LogP contribution in [0.3, 0.4) is 0 Å². The van der Waals surface area contributed by atoms with Crippen LogP contribution < -0.4 is 4.73 Å². The van der Waals surface area contributed by atoms with Gasteiger partial charge >= 0.3 is 12.4 Å². The van der Waals surface area contributed by atoms with Crippen molar-refractivity contribution in [3.63, 3.8) is 0 Å². The Kier molecular flexibility index (Phi) is 29.5. The van der Waals surface area contributed by atoms with Crippen LogP contribution in [-0.2, 0) is 12.4 Å². The topological polar surface area (TPSA) is 117 Å². The predicted molar refractivity (Wildman–Crippen MR) is 270 cm³/mol. The molecule has 0 radical (unpaired) electrons. The minimum atomic E-state index is -4.37. The first-order valence-electron chi connectivity index (χ1n) is 20.6. The highest BCUT2D eigenvalue weighted by atomic mass is 35.5. The number of hydrogen-bond acceptors (Lipinski definition) is 9. The lowest BCUT2D eigenvalue weighted by atomic mass is 10.2. The van der Waals surface area contributed by atoms with Crippen LogP contribution in [0.2, 0.25) is 15.3 Å². The van der Waals surface area contributed by atoms with E-state index < -0.39 is 23.5 Å². The lowest BCUT2D eigenvalue weighted by Gasteiger charge is -2.06. The molecule has 8 aromatic rings. The van der Waals surface area contributed by atoms with E-state index in [4.69, 9.17) is 34.8 Å². The highest BCUT2D eigenvalue weighted by molar-refractivity contribution is 7.98. The number of thioether (sulfide) groups is 1. The second-order valence-electron chi connectivity index (χ2n) is 14.5. The van der Waals surface area contributed by atoms with E-state index >= 15 is 0 Å². The van der Waals surface area contributed by atoms with Gasteiger partial charge in [-0.05, 0) is 156 Å². The van der Waals surface area contributed by atoms with Gasteiger partial charge in [-0.2, -0.15) is 31.1 Å². The molecule has 0 unspecified atom stereocenters. The highest BCUT2D eigenvalue weighted by Crippen LogP contribution is 2.31. The van der Waals surface area contributed by atoms with Gasteiger partial charge in [-0.1, -0.05) is 53.0 Å². The van der Waals surface area contributed by atoms with Gasteiger partial charge in [0.1, 0.15) is 10.3 Å². The van der Waals surface area contributed by atoms with E-state index in [1.54, 1.807) is 74.8 Å². The Hall–Kier alpha value is -6.20. The van der Waals surface area contributed by atoms with Crippen molar-refractivity contribution >= 4 is 46.6 Å². The summed E-state index contributed by atoms with van der Waals surface area (Å²) in [5.74, 6) is 0. The number of pyridine rings is 8. The summed E-state index contributed by atoms with van der Waals surface area (Å²) in [5, 5.41) is 12.6. The van der Waals surface area contributed by atoms with Gasteiger partial charge in [-0.15, -0.1) is 11.8 Å². The molecule has 19 heteroatoms. The molecule has 70 heavy (non-hydrogen) atoms. The van der Waals surface area contributed by atoms with Gasteiger partial charge in [0.2, 0.25) is 0 Å². The molecule has 0 aliphatic carbocycles. The van der Waals surface area contributed by atoms with Crippen molar-refractivity contribution in [1.82, 2.24) is 34.9 Å². The van der Waals surface area contributed by atoms with Gasteiger partial charge in [-0.3, -0.25) is 19.9 Å². The summed E-state index contributed by atoms with van der Waals surface area (Å²) >= 11 is 18.2. The maximum Gasteiger partial charge on any atom is 0.417 e. The average molecular weight is 1050 g/mol. The summed E-state index contributed by atoms with van der Waals surface area (Å²) < 4.78 is 72.4. The Morgan fingerprint density at radius 2 is 1.03 bits per heavy atom. The van der Waals surface area contributed by atoms with Crippen molar-refractivity contribution in [2.75, 3.05) is 6.26 Å². The lowest BCUT2D eigenvalue weighted by molar-refractivity contribution is -0.605. The number of nitrogens with zero attached hydrogens (tertiary/aromatic N) is 8. The Morgan fingerprint density at radius 1 is 0.471 bits per heavy atom. The molecule has 0 N–H and O–H groups in total. The summed E-state index contributed by atoms with van der Waals surface area (Å²) in [6.07, 6.45) is 10.4. The van der Waals surface area contributed by atoms with Crippen molar-refractivity contribution in [3.8, 4) is 0 Å². The lowest BCUT2D eigenvalue weighted by Crippen LogP contribution is -2.23. The predicted octanol–water partition coefficient (Wildman–Crippen LogP) is 15.1. The molecule has 0 atom stereocenters. The summed E-state index contributed by atoms with van der Waals surface area (Å²) in [5.41, 5.74) is 6.52. The summed E-state index contributed by atoms with van der Waals surface area (Å²) in [7, 11) is 0. The third kappa shape index (κ3) is 30.3. The van der Waals surface area contributed by atoms with Crippen LogP contribution in [0.15, 0.2) is 164 Å². The van der Waals surface area contributed by atoms with E-state index in [1.807, 2.05) is 109 Å². The van der Waals surface area contributed by atoms with Gasteiger partial charge in [0.15, 0.2) is 12.4 Å². The smallest absolute Gasteiger partial charge is 0.417 e. The van der Waals surface area contributed by atoms with Crippen LogP contribution >= 0.6 is 46.6 Å². The minimum Gasteiger partial charge on any atom is -0.619 e. The fourth-order valence-electron chi connectivity index (χ4n) is 4.18. The van der Waals surface area contributed by atoms with Crippen molar-refractivity contribution in [2.24, 2.45) is 0 Å². The van der Waals surface area contributed by atoms with E-state index in [2.05, 4.69) is 41.0 Å². The van der Waals surface area contributed by atoms with E-state index in [0.29, 0.717) is 21.7 Å². The summed E-state index contributed by atoms with van der Waals surface area (Å²) in [4.78, 5) is 26.6. The fraction of sp³-hybridized carbons (Fsp3) is 0.216. The molecule has 0 amide bonds.